The molecule has 108 valence electrons. The molecule has 1 amide bonds. The van der Waals surface area contributed by atoms with Gasteiger partial charge >= 0.3 is 5.97 Å². The van der Waals surface area contributed by atoms with Gasteiger partial charge in [0.25, 0.3) is 5.91 Å². The molecule has 6 nitrogen and oxygen atoms in total. The number of aliphatic carboxylic acids is 1. The minimum atomic E-state index is -0.959. The Morgan fingerprint density at radius 3 is 2.65 bits per heavy atom. The van der Waals surface area contributed by atoms with E-state index in [1.54, 1.807) is 0 Å². The Balaban J connectivity index is 2.10. The summed E-state index contributed by atoms with van der Waals surface area (Å²) < 4.78 is 5.31. The van der Waals surface area contributed by atoms with Gasteiger partial charge in [-0.05, 0) is 12.1 Å². The lowest BCUT2D eigenvalue weighted by atomic mass is 10.1. The predicted molar refractivity (Wildman–Crippen MR) is 72.2 cm³/mol. The van der Waals surface area contributed by atoms with Crippen LogP contribution >= 0.6 is 23.2 Å². The van der Waals surface area contributed by atoms with Gasteiger partial charge in [-0.25, -0.2) is 4.98 Å². The Morgan fingerprint density at radius 1 is 1.40 bits per heavy atom. The van der Waals surface area contributed by atoms with Crippen molar-refractivity contribution in [3.8, 4) is 0 Å². The summed E-state index contributed by atoms with van der Waals surface area (Å²) in [6, 6.07) is 2.86. The fourth-order valence-corrected chi connectivity index (χ4v) is 2.45. The average molecular weight is 319 g/mol. The van der Waals surface area contributed by atoms with Crippen molar-refractivity contribution in [3.63, 3.8) is 0 Å². The van der Waals surface area contributed by atoms with Crippen molar-refractivity contribution in [2.24, 2.45) is 0 Å². The minimum Gasteiger partial charge on any atom is -0.481 e. The normalized spacial score (nSPS) is 18.9. The lowest BCUT2D eigenvalue weighted by Gasteiger charge is -2.32. The number of hydrogen-bond donors (Lipinski definition) is 1. The molecule has 0 aliphatic carbocycles. The summed E-state index contributed by atoms with van der Waals surface area (Å²) in [4.78, 5) is 28.3. The van der Waals surface area contributed by atoms with E-state index in [9.17, 15) is 9.59 Å². The Bertz CT molecular complexity index is 518. The van der Waals surface area contributed by atoms with Crippen LogP contribution in [-0.4, -0.2) is 52.7 Å². The summed E-state index contributed by atoms with van der Waals surface area (Å²) in [6.07, 6.45) is -0.639. The third kappa shape index (κ3) is 3.82. The molecule has 0 bridgehead atoms. The number of carboxylic acid groups (broad SMARTS) is 1. The molecule has 1 saturated heterocycles. The van der Waals surface area contributed by atoms with Crippen LogP contribution in [0.5, 0.6) is 0 Å². The van der Waals surface area contributed by atoms with Crippen LogP contribution in [0, 0.1) is 0 Å². The molecule has 0 saturated carbocycles. The highest BCUT2D eigenvalue weighted by Gasteiger charge is 2.27. The van der Waals surface area contributed by atoms with E-state index in [2.05, 4.69) is 4.98 Å². The first-order valence-electron chi connectivity index (χ1n) is 5.91. The monoisotopic (exact) mass is 318 g/mol. The maximum absolute atomic E-state index is 12.3. The smallest absolute Gasteiger partial charge is 0.306 e. The lowest BCUT2D eigenvalue weighted by molar-refractivity contribution is -0.141. The quantitative estimate of drug-likeness (QED) is 0.858. The maximum Gasteiger partial charge on any atom is 0.306 e. The summed E-state index contributed by atoms with van der Waals surface area (Å²) in [5.74, 6) is -1.23. The summed E-state index contributed by atoms with van der Waals surface area (Å²) in [7, 11) is 0. The molecule has 2 rings (SSSR count). The molecular formula is C12H12Cl2N2O4. The number of ether oxygens (including phenoxy) is 1. The second-order valence-corrected chi connectivity index (χ2v) is 5.12. The van der Waals surface area contributed by atoms with Crippen LogP contribution < -0.4 is 0 Å². The number of nitrogens with zero attached hydrogens (tertiary/aromatic N) is 2. The second-order valence-electron chi connectivity index (χ2n) is 4.34. The Labute approximate surface area is 125 Å². The van der Waals surface area contributed by atoms with Crippen LogP contribution in [0.3, 0.4) is 0 Å². The van der Waals surface area contributed by atoms with E-state index in [1.807, 2.05) is 0 Å². The van der Waals surface area contributed by atoms with E-state index in [1.165, 1.54) is 17.0 Å². The van der Waals surface area contributed by atoms with E-state index in [0.29, 0.717) is 18.7 Å². The Morgan fingerprint density at radius 2 is 2.05 bits per heavy atom. The Kier molecular flexibility index (Phi) is 4.80. The first kappa shape index (κ1) is 15.0. The van der Waals surface area contributed by atoms with Crippen LogP contribution in [-0.2, 0) is 9.53 Å². The highest BCUT2D eigenvalue weighted by atomic mass is 35.5. The number of carbonyl (C=O) groups excluding carboxylic acids is 1. The number of carbonyl (C=O) groups is 2. The predicted octanol–water partition coefficient (Wildman–Crippen LogP) is 1.70. The summed E-state index contributed by atoms with van der Waals surface area (Å²) in [5.41, 5.74) is 0.325. The van der Waals surface area contributed by atoms with Crippen LogP contribution in [0.2, 0.25) is 10.3 Å². The third-order valence-corrected chi connectivity index (χ3v) is 3.23. The molecule has 2 heterocycles. The van der Waals surface area contributed by atoms with Gasteiger partial charge in [0.05, 0.1) is 19.1 Å². The highest BCUT2D eigenvalue weighted by Crippen LogP contribution is 2.18. The number of morpholine rings is 1. The molecule has 1 fully saturated rings. The van der Waals surface area contributed by atoms with Crippen LogP contribution in [0.15, 0.2) is 12.1 Å². The molecule has 1 atom stereocenters. The average Bonchev–Trinajstić information content (AvgIpc) is 2.36. The number of carboxylic acids is 1. The topological polar surface area (TPSA) is 79.7 Å². The summed E-state index contributed by atoms with van der Waals surface area (Å²) in [5, 5.41) is 9.02. The molecule has 1 aromatic rings. The van der Waals surface area contributed by atoms with Gasteiger partial charge < -0.3 is 14.7 Å². The third-order valence-electron chi connectivity index (χ3n) is 2.84. The van der Waals surface area contributed by atoms with Crippen LogP contribution in [0.1, 0.15) is 16.8 Å². The van der Waals surface area contributed by atoms with Crippen molar-refractivity contribution < 1.29 is 19.4 Å². The summed E-state index contributed by atoms with van der Waals surface area (Å²) in [6.45, 7) is 0.922. The van der Waals surface area contributed by atoms with Gasteiger partial charge in [0, 0.05) is 18.7 Å². The number of amides is 1. The van der Waals surface area contributed by atoms with E-state index < -0.39 is 12.1 Å². The second kappa shape index (κ2) is 6.39. The molecule has 1 aromatic heterocycles. The minimum absolute atomic E-state index is 0.135. The molecule has 1 unspecified atom stereocenters. The molecular weight excluding hydrogens is 307 g/mol. The van der Waals surface area contributed by atoms with Gasteiger partial charge in [-0.2, -0.15) is 0 Å². The van der Waals surface area contributed by atoms with Gasteiger partial charge in [0.15, 0.2) is 0 Å². The maximum atomic E-state index is 12.3. The van der Waals surface area contributed by atoms with Gasteiger partial charge in [-0.1, -0.05) is 23.2 Å². The fraction of sp³-hybridized carbons (Fsp3) is 0.417. The standard InChI is InChI=1S/C12H12Cl2N2O4/c13-9-3-7(4-10(14)15-9)12(19)16-1-2-20-8(6-16)5-11(17)18/h3-4,8H,1-2,5-6H2,(H,17,18). The molecule has 1 aliphatic rings. The Hall–Kier alpha value is -1.37. The molecule has 1 N–H and O–H groups in total. The zero-order valence-corrected chi connectivity index (χ0v) is 11.9. The zero-order chi connectivity index (χ0) is 14.7. The van der Waals surface area contributed by atoms with Crippen molar-refractivity contribution >= 4 is 35.1 Å². The van der Waals surface area contributed by atoms with E-state index in [-0.39, 0.29) is 29.2 Å². The van der Waals surface area contributed by atoms with Crippen LogP contribution in [0.4, 0.5) is 0 Å². The first-order valence-corrected chi connectivity index (χ1v) is 6.67. The number of hydrogen-bond acceptors (Lipinski definition) is 4. The van der Waals surface area contributed by atoms with Crippen molar-refractivity contribution in [2.45, 2.75) is 12.5 Å². The highest BCUT2D eigenvalue weighted by molar-refractivity contribution is 6.33. The largest absolute Gasteiger partial charge is 0.481 e. The zero-order valence-electron chi connectivity index (χ0n) is 10.4. The fourth-order valence-electron chi connectivity index (χ4n) is 1.99. The molecule has 0 radical (unpaired) electrons. The molecule has 1 aliphatic heterocycles. The number of rotatable bonds is 3. The summed E-state index contributed by atoms with van der Waals surface area (Å²) >= 11 is 11.5. The molecule has 20 heavy (non-hydrogen) atoms. The molecule has 0 aromatic carbocycles. The van der Waals surface area contributed by atoms with Crippen molar-refractivity contribution in [1.82, 2.24) is 9.88 Å². The van der Waals surface area contributed by atoms with E-state index in [0.717, 1.165) is 0 Å². The molecule has 8 heteroatoms. The van der Waals surface area contributed by atoms with E-state index >= 15 is 0 Å². The van der Waals surface area contributed by atoms with Crippen molar-refractivity contribution in [2.75, 3.05) is 19.7 Å². The van der Waals surface area contributed by atoms with Crippen LogP contribution in [0.25, 0.3) is 0 Å². The number of aromatic nitrogens is 1. The lowest BCUT2D eigenvalue weighted by Crippen LogP contribution is -2.46. The SMILES string of the molecule is O=C(O)CC1CN(C(=O)c2cc(Cl)nc(Cl)c2)CCO1. The van der Waals surface area contributed by atoms with Crippen molar-refractivity contribution in [3.05, 3.63) is 28.0 Å². The van der Waals surface area contributed by atoms with Gasteiger partial charge in [-0.3, -0.25) is 9.59 Å². The number of halogens is 2. The van der Waals surface area contributed by atoms with Crippen molar-refractivity contribution in [1.29, 1.82) is 0 Å². The molecule has 0 spiro atoms. The first-order chi connectivity index (χ1) is 9.45. The number of pyridine rings is 1. The van der Waals surface area contributed by atoms with E-state index in [4.69, 9.17) is 33.0 Å². The van der Waals surface area contributed by atoms with Gasteiger partial charge in [0.1, 0.15) is 10.3 Å². The van der Waals surface area contributed by atoms with Gasteiger partial charge in [-0.15, -0.1) is 0 Å². The van der Waals surface area contributed by atoms with Gasteiger partial charge in [0.2, 0.25) is 0 Å².